The summed E-state index contributed by atoms with van der Waals surface area (Å²) in [5.74, 6) is -1.31. The van der Waals surface area contributed by atoms with E-state index in [1.165, 1.54) is 0 Å². The van der Waals surface area contributed by atoms with Gasteiger partial charge in [-0.05, 0) is 25.8 Å². The van der Waals surface area contributed by atoms with Gasteiger partial charge in [0, 0.05) is 12.8 Å². The van der Waals surface area contributed by atoms with Gasteiger partial charge in [-0.25, -0.2) is 0 Å². The topological polar surface area (TPSA) is 88.1 Å². The molecule has 0 bridgehead atoms. The van der Waals surface area contributed by atoms with E-state index in [-0.39, 0.29) is 32.0 Å². The molecule has 7 nitrogen and oxygen atoms in total. The van der Waals surface area contributed by atoms with E-state index in [0.717, 1.165) is 5.56 Å². The Labute approximate surface area is 178 Å². The summed E-state index contributed by atoms with van der Waals surface area (Å²) in [4.78, 5) is 36.2. The van der Waals surface area contributed by atoms with Gasteiger partial charge in [-0.2, -0.15) is 0 Å². The van der Waals surface area contributed by atoms with Crippen molar-refractivity contribution in [1.82, 2.24) is 0 Å². The minimum atomic E-state index is -0.721. The third kappa shape index (κ3) is 6.83. The Kier molecular flexibility index (Phi) is 8.84. The molecule has 0 radical (unpaired) electrons. The summed E-state index contributed by atoms with van der Waals surface area (Å²) in [5, 5.41) is 0. The first kappa shape index (κ1) is 23.9. The molecule has 7 heteroatoms. The first-order valence-electron chi connectivity index (χ1n) is 10.5. The summed E-state index contributed by atoms with van der Waals surface area (Å²) in [6.07, 6.45) is 1.65. The van der Waals surface area contributed by atoms with Crippen molar-refractivity contribution >= 4 is 17.9 Å². The average molecular weight is 421 g/mol. The third-order valence-electron chi connectivity index (χ3n) is 5.46. The van der Waals surface area contributed by atoms with Crippen LogP contribution in [0.15, 0.2) is 30.3 Å². The maximum Gasteiger partial charge on any atom is 0.311 e. The second kappa shape index (κ2) is 11.1. The van der Waals surface area contributed by atoms with Gasteiger partial charge in [0.05, 0.1) is 31.5 Å². The number of hydrogen-bond acceptors (Lipinski definition) is 7. The lowest BCUT2D eigenvalue weighted by atomic mass is 9.86. The van der Waals surface area contributed by atoms with Gasteiger partial charge in [-0.1, -0.05) is 37.3 Å². The Balaban J connectivity index is 1.75. The summed E-state index contributed by atoms with van der Waals surface area (Å²) < 4.78 is 21.4. The van der Waals surface area contributed by atoms with E-state index in [2.05, 4.69) is 0 Å². The van der Waals surface area contributed by atoms with Gasteiger partial charge in [0.1, 0.15) is 18.8 Å². The van der Waals surface area contributed by atoms with Crippen LogP contribution in [-0.4, -0.2) is 44.3 Å². The molecule has 1 aliphatic heterocycles. The van der Waals surface area contributed by atoms with Crippen LogP contribution in [0.4, 0.5) is 0 Å². The highest BCUT2D eigenvalue weighted by atomic mass is 16.6. The lowest BCUT2D eigenvalue weighted by Crippen LogP contribution is -2.38. The molecule has 1 aromatic carbocycles. The van der Waals surface area contributed by atoms with Crippen molar-refractivity contribution in [3.05, 3.63) is 35.9 Å². The number of hydrogen-bond donors (Lipinski definition) is 0. The maximum absolute atomic E-state index is 12.4. The predicted molar refractivity (Wildman–Crippen MR) is 109 cm³/mol. The lowest BCUT2D eigenvalue weighted by molar-refractivity contribution is -0.173. The van der Waals surface area contributed by atoms with Crippen molar-refractivity contribution in [2.24, 2.45) is 5.41 Å². The molecule has 1 heterocycles. The van der Waals surface area contributed by atoms with Gasteiger partial charge in [-0.15, -0.1) is 0 Å². The van der Waals surface area contributed by atoms with Crippen LogP contribution >= 0.6 is 0 Å². The van der Waals surface area contributed by atoms with E-state index < -0.39 is 23.0 Å². The standard InChI is InChI=1S/C23H32O7/c1-4-22(2,3)21(26)29-17-16-28-19(24)10-11-20(25)30-23(12-14-27-15-13-23)18-8-6-5-7-9-18/h5-9H,4,10-17H2,1-3H3. The maximum atomic E-state index is 12.4. The Morgan fingerprint density at radius 2 is 1.57 bits per heavy atom. The number of rotatable bonds is 10. The summed E-state index contributed by atoms with van der Waals surface area (Å²) in [5.41, 5.74) is -0.353. The van der Waals surface area contributed by atoms with Crippen molar-refractivity contribution in [2.45, 2.75) is 58.5 Å². The molecule has 0 aliphatic carbocycles. The first-order chi connectivity index (χ1) is 14.3. The average Bonchev–Trinajstić information content (AvgIpc) is 2.76. The molecule has 166 valence electrons. The third-order valence-corrected chi connectivity index (χ3v) is 5.46. The molecular formula is C23H32O7. The smallest absolute Gasteiger partial charge is 0.311 e. The Bertz CT molecular complexity index is 706. The van der Waals surface area contributed by atoms with Gasteiger partial charge < -0.3 is 18.9 Å². The summed E-state index contributed by atoms with van der Waals surface area (Å²) >= 11 is 0. The molecule has 0 aromatic heterocycles. The molecule has 0 spiro atoms. The quantitative estimate of drug-likeness (QED) is 0.325. The second-order valence-corrected chi connectivity index (χ2v) is 8.04. The van der Waals surface area contributed by atoms with Crippen molar-refractivity contribution < 1.29 is 33.3 Å². The normalized spacial score (nSPS) is 15.8. The number of carbonyl (C=O) groups is 3. The number of benzene rings is 1. The van der Waals surface area contributed by atoms with Crippen molar-refractivity contribution in [1.29, 1.82) is 0 Å². The van der Waals surface area contributed by atoms with Gasteiger partial charge in [0.2, 0.25) is 0 Å². The van der Waals surface area contributed by atoms with E-state index in [1.54, 1.807) is 13.8 Å². The van der Waals surface area contributed by atoms with Gasteiger partial charge in [0.15, 0.2) is 0 Å². The highest BCUT2D eigenvalue weighted by Crippen LogP contribution is 2.36. The zero-order valence-corrected chi connectivity index (χ0v) is 18.1. The number of carbonyl (C=O) groups excluding carboxylic acids is 3. The van der Waals surface area contributed by atoms with E-state index in [0.29, 0.717) is 32.5 Å². The predicted octanol–water partition coefficient (Wildman–Crippen LogP) is 3.54. The van der Waals surface area contributed by atoms with E-state index in [4.69, 9.17) is 18.9 Å². The lowest BCUT2D eigenvalue weighted by Gasteiger charge is -2.37. The Hall–Kier alpha value is -2.41. The molecule has 1 fully saturated rings. The summed E-state index contributed by atoms with van der Waals surface area (Å²) in [7, 11) is 0. The summed E-state index contributed by atoms with van der Waals surface area (Å²) in [6, 6.07) is 9.61. The highest BCUT2D eigenvalue weighted by molar-refractivity contribution is 5.78. The van der Waals surface area contributed by atoms with Crippen molar-refractivity contribution in [2.75, 3.05) is 26.4 Å². The van der Waals surface area contributed by atoms with Crippen LogP contribution < -0.4 is 0 Å². The van der Waals surface area contributed by atoms with Gasteiger partial charge in [0.25, 0.3) is 0 Å². The van der Waals surface area contributed by atoms with Crippen molar-refractivity contribution in [3.8, 4) is 0 Å². The fourth-order valence-corrected chi connectivity index (χ4v) is 3.07. The molecule has 0 N–H and O–H groups in total. The fraction of sp³-hybridized carbons (Fsp3) is 0.609. The first-order valence-corrected chi connectivity index (χ1v) is 10.5. The monoisotopic (exact) mass is 420 g/mol. The Morgan fingerprint density at radius 1 is 0.967 bits per heavy atom. The highest BCUT2D eigenvalue weighted by Gasteiger charge is 2.38. The molecule has 0 saturated carbocycles. The number of ether oxygens (including phenoxy) is 4. The second-order valence-electron chi connectivity index (χ2n) is 8.04. The van der Waals surface area contributed by atoms with Gasteiger partial charge >= 0.3 is 17.9 Å². The molecule has 1 aliphatic rings. The van der Waals surface area contributed by atoms with Crippen LogP contribution in [0.3, 0.4) is 0 Å². The molecule has 0 amide bonds. The molecule has 0 unspecified atom stereocenters. The van der Waals surface area contributed by atoms with Crippen LogP contribution in [0.2, 0.25) is 0 Å². The molecule has 1 saturated heterocycles. The van der Waals surface area contributed by atoms with Crippen LogP contribution in [0.5, 0.6) is 0 Å². The molecule has 1 aromatic rings. The molecular weight excluding hydrogens is 388 g/mol. The largest absolute Gasteiger partial charge is 0.462 e. The Morgan fingerprint density at radius 3 is 2.20 bits per heavy atom. The minimum absolute atomic E-state index is 0.00440. The van der Waals surface area contributed by atoms with Crippen LogP contribution in [0, 0.1) is 5.41 Å². The van der Waals surface area contributed by atoms with Crippen LogP contribution in [0.1, 0.15) is 58.4 Å². The van der Waals surface area contributed by atoms with E-state index in [1.807, 2.05) is 37.3 Å². The SMILES string of the molecule is CCC(C)(C)C(=O)OCCOC(=O)CCC(=O)OC1(c2ccccc2)CCOCC1. The minimum Gasteiger partial charge on any atom is -0.462 e. The zero-order valence-electron chi connectivity index (χ0n) is 18.1. The van der Waals surface area contributed by atoms with E-state index >= 15 is 0 Å². The molecule has 30 heavy (non-hydrogen) atoms. The van der Waals surface area contributed by atoms with Crippen molar-refractivity contribution in [3.63, 3.8) is 0 Å². The van der Waals surface area contributed by atoms with E-state index in [9.17, 15) is 14.4 Å². The van der Waals surface area contributed by atoms with Gasteiger partial charge in [-0.3, -0.25) is 14.4 Å². The molecule has 0 atom stereocenters. The molecule has 2 rings (SSSR count). The number of esters is 3. The van der Waals surface area contributed by atoms with Crippen LogP contribution in [-0.2, 0) is 38.9 Å². The fourth-order valence-electron chi connectivity index (χ4n) is 3.07. The zero-order chi connectivity index (χ0) is 22.0. The summed E-state index contributed by atoms with van der Waals surface area (Å²) in [6.45, 7) is 6.49. The van der Waals surface area contributed by atoms with Crippen LogP contribution in [0.25, 0.3) is 0 Å².